The third kappa shape index (κ3) is 4.01. The molecule has 0 spiro atoms. The van der Waals surface area contributed by atoms with E-state index < -0.39 is 0 Å². The van der Waals surface area contributed by atoms with Crippen LogP contribution in [-0.2, 0) is 4.74 Å². The molecule has 0 saturated heterocycles. The van der Waals surface area contributed by atoms with Gasteiger partial charge >= 0.3 is 0 Å². The van der Waals surface area contributed by atoms with Crippen molar-refractivity contribution >= 4 is 11.6 Å². The van der Waals surface area contributed by atoms with Crippen molar-refractivity contribution in [2.45, 2.75) is 6.92 Å². The van der Waals surface area contributed by atoms with Crippen LogP contribution in [0.5, 0.6) is 0 Å². The number of hydrazine groups is 1. The van der Waals surface area contributed by atoms with Gasteiger partial charge in [0.1, 0.15) is 5.82 Å². The highest BCUT2D eigenvalue weighted by molar-refractivity contribution is 5.93. The Labute approximate surface area is 99.8 Å². The summed E-state index contributed by atoms with van der Waals surface area (Å²) in [5.41, 5.74) is 3.56. The van der Waals surface area contributed by atoms with Crippen LogP contribution in [-0.4, -0.2) is 26.2 Å². The lowest BCUT2D eigenvalue weighted by molar-refractivity contribution is 0.208. The molecular formula is C11H17FN4O. The Kier molecular flexibility index (Phi) is 5.38. The van der Waals surface area contributed by atoms with Crippen LogP contribution in [0.2, 0.25) is 0 Å². The lowest BCUT2D eigenvalue weighted by atomic mass is 10.2. The number of benzene rings is 1. The molecule has 0 aliphatic rings. The summed E-state index contributed by atoms with van der Waals surface area (Å²) < 4.78 is 18.2. The summed E-state index contributed by atoms with van der Waals surface area (Å²) in [4.78, 5) is 4.12. The highest BCUT2D eigenvalue weighted by atomic mass is 19.1. The molecule has 1 aromatic rings. The maximum atomic E-state index is 13.3. The van der Waals surface area contributed by atoms with Gasteiger partial charge in [-0.3, -0.25) is 5.43 Å². The zero-order chi connectivity index (χ0) is 12.7. The van der Waals surface area contributed by atoms with Crippen molar-refractivity contribution in [3.8, 4) is 0 Å². The zero-order valence-corrected chi connectivity index (χ0v) is 9.96. The van der Waals surface area contributed by atoms with E-state index >= 15 is 0 Å². The molecule has 0 saturated carbocycles. The standard InChI is InChI=1S/C11H17FN4O/c1-8-9(12)4-3-5-10(8)15-11(16-13)14-6-7-17-2/h3-5H,6-7,13H2,1-2H3,(H2,14,15,16). The van der Waals surface area contributed by atoms with Gasteiger partial charge in [0.05, 0.1) is 13.2 Å². The minimum atomic E-state index is -0.275. The van der Waals surface area contributed by atoms with E-state index in [1.165, 1.54) is 6.07 Å². The summed E-state index contributed by atoms with van der Waals surface area (Å²) in [6.07, 6.45) is 0. The fraction of sp³-hybridized carbons (Fsp3) is 0.364. The average Bonchev–Trinajstić information content (AvgIpc) is 2.33. The predicted octanol–water partition coefficient (Wildman–Crippen LogP) is 1.01. The van der Waals surface area contributed by atoms with Crippen molar-refractivity contribution in [2.75, 3.05) is 25.6 Å². The first-order valence-corrected chi connectivity index (χ1v) is 5.21. The number of guanidine groups is 1. The molecule has 6 heteroatoms. The molecule has 1 rings (SSSR count). The molecule has 94 valence electrons. The molecule has 17 heavy (non-hydrogen) atoms. The number of aliphatic imine (C=N–C) groups is 1. The second-order valence-corrected chi connectivity index (χ2v) is 3.40. The van der Waals surface area contributed by atoms with Gasteiger partial charge in [0.25, 0.3) is 0 Å². The van der Waals surface area contributed by atoms with Gasteiger partial charge in [-0.15, -0.1) is 0 Å². The summed E-state index contributed by atoms with van der Waals surface area (Å²) in [6, 6.07) is 4.77. The molecule has 0 bridgehead atoms. The van der Waals surface area contributed by atoms with E-state index in [4.69, 9.17) is 10.6 Å². The van der Waals surface area contributed by atoms with Crippen LogP contribution in [0.4, 0.5) is 10.1 Å². The first-order valence-electron chi connectivity index (χ1n) is 5.21. The Bertz CT molecular complexity index is 395. The van der Waals surface area contributed by atoms with E-state index in [0.29, 0.717) is 30.4 Å². The Hall–Kier alpha value is -1.66. The summed E-state index contributed by atoms with van der Waals surface area (Å²) in [7, 11) is 1.59. The summed E-state index contributed by atoms with van der Waals surface area (Å²) in [5, 5.41) is 2.92. The van der Waals surface area contributed by atoms with Crippen molar-refractivity contribution < 1.29 is 9.13 Å². The van der Waals surface area contributed by atoms with Gasteiger partial charge in [-0.2, -0.15) is 0 Å². The second kappa shape index (κ2) is 6.82. The normalized spacial score (nSPS) is 11.4. The SMILES string of the molecule is COCCN=C(NN)Nc1cccc(F)c1C. The molecule has 0 aliphatic heterocycles. The highest BCUT2D eigenvalue weighted by Crippen LogP contribution is 2.16. The zero-order valence-electron chi connectivity index (χ0n) is 9.96. The maximum absolute atomic E-state index is 13.3. The van der Waals surface area contributed by atoms with Gasteiger partial charge in [-0.05, 0) is 19.1 Å². The molecule has 0 unspecified atom stereocenters. The number of hydrogen-bond acceptors (Lipinski definition) is 3. The molecule has 0 atom stereocenters. The molecule has 0 aliphatic carbocycles. The lowest BCUT2D eigenvalue weighted by Crippen LogP contribution is -2.36. The van der Waals surface area contributed by atoms with Gasteiger partial charge in [0, 0.05) is 18.4 Å². The van der Waals surface area contributed by atoms with E-state index in [2.05, 4.69) is 15.7 Å². The van der Waals surface area contributed by atoms with Crippen molar-refractivity contribution in [1.82, 2.24) is 5.43 Å². The molecule has 1 aromatic carbocycles. The van der Waals surface area contributed by atoms with Crippen molar-refractivity contribution in [3.05, 3.63) is 29.6 Å². The van der Waals surface area contributed by atoms with E-state index in [-0.39, 0.29) is 5.82 Å². The topological polar surface area (TPSA) is 71.7 Å². The van der Waals surface area contributed by atoms with E-state index in [1.807, 2.05) is 0 Å². The van der Waals surface area contributed by atoms with Gasteiger partial charge in [-0.25, -0.2) is 15.2 Å². The monoisotopic (exact) mass is 240 g/mol. The smallest absolute Gasteiger partial charge is 0.210 e. The lowest BCUT2D eigenvalue weighted by Gasteiger charge is -2.11. The van der Waals surface area contributed by atoms with Crippen LogP contribution in [0.3, 0.4) is 0 Å². The quantitative estimate of drug-likeness (QED) is 0.241. The van der Waals surface area contributed by atoms with Gasteiger partial charge in [-0.1, -0.05) is 6.07 Å². The van der Waals surface area contributed by atoms with Crippen molar-refractivity contribution in [2.24, 2.45) is 10.8 Å². The molecule has 4 N–H and O–H groups in total. The minimum Gasteiger partial charge on any atom is -0.383 e. The summed E-state index contributed by atoms with van der Waals surface area (Å²) >= 11 is 0. The number of methoxy groups -OCH3 is 1. The first kappa shape index (κ1) is 13.4. The number of rotatable bonds is 4. The summed E-state index contributed by atoms with van der Waals surface area (Å²) in [5.74, 6) is 5.41. The third-order valence-corrected chi connectivity index (χ3v) is 2.22. The Balaban J connectivity index is 2.73. The van der Waals surface area contributed by atoms with Crippen LogP contribution in [0, 0.1) is 12.7 Å². The van der Waals surface area contributed by atoms with E-state index in [0.717, 1.165) is 0 Å². The number of nitrogens with two attached hydrogens (primary N) is 1. The number of ether oxygens (including phenoxy) is 1. The van der Waals surface area contributed by atoms with Crippen molar-refractivity contribution in [1.29, 1.82) is 0 Å². The molecule has 5 nitrogen and oxygen atoms in total. The van der Waals surface area contributed by atoms with Gasteiger partial charge in [0.15, 0.2) is 0 Å². The second-order valence-electron chi connectivity index (χ2n) is 3.40. The molecule has 0 radical (unpaired) electrons. The number of nitrogens with zero attached hydrogens (tertiary/aromatic N) is 1. The third-order valence-electron chi connectivity index (χ3n) is 2.22. The largest absolute Gasteiger partial charge is 0.383 e. The highest BCUT2D eigenvalue weighted by Gasteiger charge is 2.04. The Morgan fingerprint density at radius 2 is 2.29 bits per heavy atom. The fourth-order valence-electron chi connectivity index (χ4n) is 1.24. The van der Waals surface area contributed by atoms with Crippen LogP contribution >= 0.6 is 0 Å². The Morgan fingerprint density at radius 3 is 2.94 bits per heavy atom. The first-order chi connectivity index (χ1) is 8.19. The average molecular weight is 240 g/mol. The van der Waals surface area contributed by atoms with Gasteiger partial charge in [0.2, 0.25) is 5.96 Å². The van der Waals surface area contributed by atoms with Gasteiger partial charge < -0.3 is 10.1 Å². The van der Waals surface area contributed by atoms with Crippen molar-refractivity contribution in [3.63, 3.8) is 0 Å². The summed E-state index contributed by atoms with van der Waals surface area (Å²) in [6.45, 7) is 2.65. The van der Waals surface area contributed by atoms with E-state index in [1.54, 1.807) is 26.2 Å². The van der Waals surface area contributed by atoms with Crippen LogP contribution in [0.25, 0.3) is 0 Å². The van der Waals surface area contributed by atoms with E-state index in [9.17, 15) is 4.39 Å². The maximum Gasteiger partial charge on any atom is 0.210 e. The number of nitrogens with one attached hydrogen (secondary N) is 2. The molecular weight excluding hydrogens is 223 g/mol. The minimum absolute atomic E-state index is 0.275. The van der Waals surface area contributed by atoms with Crippen LogP contribution in [0.1, 0.15) is 5.56 Å². The predicted molar refractivity (Wildman–Crippen MR) is 66.3 cm³/mol. The molecule has 0 amide bonds. The van der Waals surface area contributed by atoms with Crippen LogP contribution < -0.4 is 16.6 Å². The molecule has 0 heterocycles. The van der Waals surface area contributed by atoms with Crippen LogP contribution in [0.15, 0.2) is 23.2 Å². The number of halogens is 1. The fourth-order valence-corrected chi connectivity index (χ4v) is 1.24. The Morgan fingerprint density at radius 1 is 1.53 bits per heavy atom. The number of anilines is 1. The number of hydrogen-bond donors (Lipinski definition) is 3. The molecule has 0 fully saturated rings. The molecule has 0 aromatic heterocycles.